The summed E-state index contributed by atoms with van der Waals surface area (Å²) in [5, 5.41) is 9.07. The summed E-state index contributed by atoms with van der Waals surface area (Å²) in [4.78, 5) is 39.0. The summed E-state index contributed by atoms with van der Waals surface area (Å²) in [5.41, 5.74) is 1.97. The molecule has 4 amide bonds. The summed E-state index contributed by atoms with van der Waals surface area (Å²) in [5.74, 6) is -0.969. The third kappa shape index (κ3) is 3.62. The van der Waals surface area contributed by atoms with E-state index >= 15 is 0 Å². The fraction of sp³-hybridized carbons (Fsp3) is 0.400. The van der Waals surface area contributed by atoms with Crippen LogP contribution in [0.4, 0.5) is 10.5 Å². The first-order chi connectivity index (χ1) is 11.0. The second-order valence-electron chi connectivity index (χ2n) is 5.22. The Balaban J connectivity index is 2.24. The van der Waals surface area contributed by atoms with Gasteiger partial charge in [0.25, 0.3) is 5.91 Å². The van der Waals surface area contributed by atoms with Crippen LogP contribution < -0.4 is 10.4 Å². The number of amides is 4. The van der Waals surface area contributed by atoms with Crippen molar-refractivity contribution in [1.82, 2.24) is 10.4 Å². The van der Waals surface area contributed by atoms with Crippen molar-refractivity contribution in [3.63, 3.8) is 0 Å². The topological polar surface area (TPSA) is 90.0 Å². The van der Waals surface area contributed by atoms with E-state index in [0.717, 1.165) is 4.90 Å². The van der Waals surface area contributed by atoms with Crippen molar-refractivity contribution < 1.29 is 19.6 Å². The lowest BCUT2D eigenvalue weighted by molar-refractivity contribution is -0.129. The Kier molecular flexibility index (Phi) is 5.57. The van der Waals surface area contributed by atoms with Gasteiger partial charge in [0.05, 0.1) is 5.69 Å². The molecule has 8 heteroatoms. The van der Waals surface area contributed by atoms with Gasteiger partial charge in [-0.3, -0.25) is 14.8 Å². The summed E-state index contributed by atoms with van der Waals surface area (Å²) in [6, 6.07) is 5.29. The monoisotopic (exact) mass is 339 g/mol. The zero-order chi connectivity index (χ0) is 17.0. The minimum absolute atomic E-state index is 0.0468. The molecule has 1 atom stereocenters. The van der Waals surface area contributed by atoms with Crippen molar-refractivity contribution in [3.8, 4) is 0 Å². The SMILES string of the molecule is CCCN1C(=O)N(c2ccc(Cl)cc2)C(=O)C1CCC(=O)NO. The standard InChI is InChI=1S/C15H18ClN3O4/c1-2-9-18-12(7-8-13(20)17-23)14(21)19(15(18)22)11-5-3-10(16)4-6-11/h3-6,12,23H,2,7-9H2,1H3,(H,17,20). The molecule has 1 aliphatic rings. The summed E-state index contributed by atoms with van der Waals surface area (Å²) in [7, 11) is 0. The number of carbonyl (C=O) groups excluding carboxylic acids is 3. The highest BCUT2D eigenvalue weighted by atomic mass is 35.5. The fourth-order valence-corrected chi connectivity index (χ4v) is 2.69. The Labute approximate surface area is 138 Å². The minimum Gasteiger partial charge on any atom is -0.312 e. The molecular weight excluding hydrogens is 322 g/mol. The van der Waals surface area contributed by atoms with Gasteiger partial charge < -0.3 is 4.90 Å². The van der Waals surface area contributed by atoms with Crippen molar-refractivity contribution in [1.29, 1.82) is 0 Å². The molecule has 1 fully saturated rings. The number of imide groups is 1. The lowest BCUT2D eigenvalue weighted by Gasteiger charge is -2.20. The molecule has 0 aromatic heterocycles. The molecular formula is C15H18ClN3O4. The number of nitrogens with zero attached hydrogens (tertiary/aromatic N) is 2. The highest BCUT2D eigenvalue weighted by molar-refractivity contribution is 6.30. The van der Waals surface area contributed by atoms with Gasteiger partial charge in [0, 0.05) is 18.0 Å². The molecule has 0 saturated carbocycles. The van der Waals surface area contributed by atoms with Crippen molar-refractivity contribution in [2.24, 2.45) is 0 Å². The molecule has 1 unspecified atom stereocenters. The van der Waals surface area contributed by atoms with E-state index in [0.29, 0.717) is 23.7 Å². The van der Waals surface area contributed by atoms with Crippen LogP contribution in [0.25, 0.3) is 0 Å². The molecule has 1 aromatic rings. The van der Waals surface area contributed by atoms with Gasteiger partial charge in [-0.15, -0.1) is 0 Å². The Morgan fingerprint density at radius 1 is 1.30 bits per heavy atom. The fourth-order valence-electron chi connectivity index (χ4n) is 2.56. The lowest BCUT2D eigenvalue weighted by atomic mass is 10.1. The zero-order valence-electron chi connectivity index (χ0n) is 12.7. The maximum atomic E-state index is 12.6. The van der Waals surface area contributed by atoms with E-state index in [2.05, 4.69) is 0 Å². The van der Waals surface area contributed by atoms with Crippen LogP contribution in [0, 0.1) is 0 Å². The van der Waals surface area contributed by atoms with Crippen molar-refractivity contribution >= 4 is 35.1 Å². The number of hydrogen-bond donors (Lipinski definition) is 2. The van der Waals surface area contributed by atoms with Crippen LogP contribution in [0.1, 0.15) is 26.2 Å². The predicted molar refractivity (Wildman–Crippen MR) is 84.3 cm³/mol. The van der Waals surface area contributed by atoms with E-state index in [9.17, 15) is 14.4 Å². The number of rotatable bonds is 6. The number of carbonyl (C=O) groups is 3. The first-order valence-electron chi connectivity index (χ1n) is 7.32. The molecule has 0 radical (unpaired) electrons. The Morgan fingerprint density at radius 3 is 2.52 bits per heavy atom. The highest BCUT2D eigenvalue weighted by Gasteiger charge is 2.45. The third-order valence-electron chi connectivity index (χ3n) is 3.64. The average Bonchev–Trinajstić information content (AvgIpc) is 2.77. The quantitative estimate of drug-likeness (QED) is 0.472. The summed E-state index contributed by atoms with van der Waals surface area (Å²) in [6.45, 7) is 2.32. The Morgan fingerprint density at radius 2 is 1.96 bits per heavy atom. The third-order valence-corrected chi connectivity index (χ3v) is 3.89. The number of nitrogens with one attached hydrogen (secondary N) is 1. The molecule has 1 heterocycles. The number of hydroxylamine groups is 1. The maximum Gasteiger partial charge on any atom is 0.332 e. The van der Waals surface area contributed by atoms with Crippen LogP contribution in [0.5, 0.6) is 0 Å². The summed E-state index contributed by atoms with van der Waals surface area (Å²) in [6.07, 6.45) is 0.798. The molecule has 0 aliphatic carbocycles. The van der Waals surface area contributed by atoms with E-state index in [1.807, 2.05) is 6.92 Å². The van der Waals surface area contributed by atoms with E-state index in [-0.39, 0.29) is 18.7 Å². The predicted octanol–water partition coefficient (Wildman–Crippen LogP) is 2.17. The lowest BCUT2D eigenvalue weighted by Crippen LogP contribution is -2.36. The van der Waals surface area contributed by atoms with Gasteiger partial charge in [-0.2, -0.15) is 0 Å². The van der Waals surface area contributed by atoms with E-state index in [4.69, 9.17) is 16.8 Å². The number of anilines is 1. The van der Waals surface area contributed by atoms with Crippen LogP contribution in [0.2, 0.25) is 5.02 Å². The van der Waals surface area contributed by atoms with Gasteiger partial charge in [-0.1, -0.05) is 18.5 Å². The Hall–Kier alpha value is -2.12. The molecule has 1 aromatic carbocycles. The first kappa shape index (κ1) is 17.2. The number of urea groups is 1. The number of halogens is 1. The van der Waals surface area contributed by atoms with Crippen molar-refractivity contribution in [2.45, 2.75) is 32.2 Å². The van der Waals surface area contributed by atoms with Crippen LogP contribution in [-0.4, -0.2) is 40.5 Å². The molecule has 124 valence electrons. The van der Waals surface area contributed by atoms with Gasteiger partial charge in [-0.25, -0.2) is 15.2 Å². The summed E-state index contributed by atoms with van der Waals surface area (Å²) < 4.78 is 0. The number of hydrogen-bond acceptors (Lipinski definition) is 4. The maximum absolute atomic E-state index is 12.6. The van der Waals surface area contributed by atoms with E-state index < -0.39 is 18.0 Å². The van der Waals surface area contributed by atoms with Crippen LogP contribution in [0.3, 0.4) is 0 Å². The van der Waals surface area contributed by atoms with E-state index in [1.165, 1.54) is 10.4 Å². The van der Waals surface area contributed by atoms with Crippen molar-refractivity contribution in [3.05, 3.63) is 29.3 Å². The highest BCUT2D eigenvalue weighted by Crippen LogP contribution is 2.28. The average molecular weight is 340 g/mol. The number of benzene rings is 1. The van der Waals surface area contributed by atoms with Gasteiger partial charge in [0.2, 0.25) is 5.91 Å². The molecule has 2 N–H and O–H groups in total. The molecule has 1 saturated heterocycles. The second kappa shape index (κ2) is 7.43. The van der Waals surface area contributed by atoms with E-state index in [1.54, 1.807) is 24.3 Å². The first-order valence-corrected chi connectivity index (χ1v) is 7.70. The molecule has 0 bridgehead atoms. The minimum atomic E-state index is -0.713. The smallest absolute Gasteiger partial charge is 0.312 e. The van der Waals surface area contributed by atoms with Gasteiger partial charge in [0.15, 0.2) is 0 Å². The second-order valence-corrected chi connectivity index (χ2v) is 5.65. The summed E-state index contributed by atoms with van der Waals surface area (Å²) >= 11 is 5.83. The van der Waals surface area contributed by atoms with Gasteiger partial charge in [-0.05, 0) is 37.1 Å². The van der Waals surface area contributed by atoms with Gasteiger partial charge in [0.1, 0.15) is 6.04 Å². The van der Waals surface area contributed by atoms with Crippen LogP contribution >= 0.6 is 11.6 Å². The van der Waals surface area contributed by atoms with Crippen molar-refractivity contribution in [2.75, 3.05) is 11.4 Å². The van der Waals surface area contributed by atoms with Crippen LogP contribution in [0.15, 0.2) is 24.3 Å². The largest absolute Gasteiger partial charge is 0.332 e. The molecule has 2 rings (SSSR count). The Bertz CT molecular complexity index is 605. The van der Waals surface area contributed by atoms with Crippen LogP contribution in [-0.2, 0) is 9.59 Å². The molecule has 7 nitrogen and oxygen atoms in total. The molecule has 23 heavy (non-hydrogen) atoms. The molecule has 0 spiro atoms. The zero-order valence-corrected chi connectivity index (χ0v) is 13.4. The molecule has 1 aliphatic heterocycles. The van der Waals surface area contributed by atoms with Gasteiger partial charge >= 0.3 is 6.03 Å². The normalized spacial score (nSPS) is 17.8.